The van der Waals surface area contributed by atoms with Gasteiger partial charge in [-0.15, -0.1) is 0 Å². The summed E-state index contributed by atoms with van der Waals surface area (Å²) in [7, 11) is 1.65. The largest absolute Gasteiger partial charge is 0.497 e. The zero-order chi connectivity index (χ0) is 15.9. The summed E-state index contributed by atoms with van der Waals surface area (Å²) in [5.41, 5.74) is 3.41. The van der Waals surface area contributed by atoms with Crippen LogP contribution in [0.2, 0.25) is 0 Å². The molecule has 2 aromatic rings. The van der Waals surface area contributed by atoms with Gasteiger partial charge in [-0.1, -0.05) is 42.8 Å². The third-order valence-electron chi connectivity index (χ3n) is 3.52. The first-order chi connectivity index (χ1) is 10.6. The molecule has 2 N–H and O–H groups in total. The van der Waals surface area contributed by atoms with E-state index in [1.807, 2.05) is 24.3 Å². The van der Waals surface area contributed by atoms with Crippen molar-refractivity contribution in [3.8, 4) is 5.75 Å². The van der Waals surface area contributed by atoms with E-state index in [0.717, 1.165) is 17.9 Å². The van der Waals surface area contributed by atoms with E-state index in [2.05, 4.69) is 48.7 Å². The van der Waals surface area contributed by atoms with Gasteiger partial charge in [0.25, 0.3) is 0 Å². The molecule has 0 unspecified atom stereocenters. The van der Waals surface area contributed by atoms with Crippen LogP contribution in [-0.4, -0.2) is 12.2 Å². The molecule has 2 aromatic carbocycles. The van der Waals surface area contributed by atoms with Crippen molar-refractivity contribution >= 4 is 23.0 Å². The first kappa shape index (κ1) is 16.3. The summed E-state index contributed by atoms with van der Waals surface area (Å²) in [6.45, 7) is 4.23. The van der Waals surface area contributed by atoms with Crippen molar-refractivity contribution < 1.29 is 4.74 Å². The lowest BCUT2D eigenvalue weighted by Gasteiger charge is -2.20. The first-order valence-electron chi connectivity index (χ1n) is 7.40. The number of benzene rings is 2. The maximum atomic E-state index is 5.42. The summed E-state index contributed by atoms with van der Waals surface area (Å²) < 4.78 is 5.22. The average molecular weight is 314 g/mol. The van der Waals surface area contributed by atoms with E-state index in [1.165, 1.54) is 11.1 Å². The monoisotopic (exact) mass is 314 g/mol. The Morgan fingerprint density at radius 2 is 1.91 bits per heavy atom. The van der Waals surface area contributed by atoms with Crippen LogP contribution in [0, 0.1) is 6.92 Å². The van der Waals surface area contributed by atoms with Crippen LogP contribution in [-0.2, 0) is 0 Å². The molecule has 0 aromatic heterocycles. The third-order valence-corrected chi connectivity index (χ3v) is 3.74. The standard InChI is InChI=1S/C18H22N2OS/c1-4-17(14-10-8-13(2)9-11-14)20-18(22)19-15-6-5-7-16(12-15)21-3/h5-12,17H,4H2,1-3H3,(H2,19,20,22)/t17-/m0/s1. The smallest absolute Gasteiger partial charge is 0.171 e. The van der Waals surface area contributed by atoms with Gasteiger partial charge in [-0.2, -0.15) is 0 Å². The van der Waals surface area contributed by atoms with E-state index in [4.69, 9.17) is 17.0 Å². The van der Waals surface area contributed by atoms with Crippen LogP contribution in [0.3, 0.4) is 0 Å². The van der Waals surface area contributed by atoms with E-state index in [0.29, 0.717) is 5.11 Å². The van der Waals surface area contributed by atoms with E-state index in [1.54, 1.807) is 7.11 Å². The maximum absolute atomic E-state index is 5.42. The van der Waals surface area contributed by atoms with Crippen molar-refractivity contribution in [2.24, 2.45) is 0 Å². The quantitative estimate of drug-likeness (QED) is 0.799. The lowest BCUT2D eigenvalue weighted by molar-refractivity contribution is 0.415. The molecular formula is C18H22N2OS. The number of anilines is 1. The number of nitrogens with one attached hydrogen (secondary N) is 2. The zero-order valence-corrected chi connectivity index (χ0v) is 14.0. The second kappa shape index (κ2) is 7.80. The molecule has 4 heteroatoms. The molecule has 22 heavy (non-hydrogen) atoms. The Bertz CT molecular complexity index is 625. The molecule has 0 aliphatic carbocycles. The molecule has 1 atom stereocenters. The lowest BCUT2D eigenvalue weighted by Crippen LogP contribution is -2.32. The Labute approximate surface area is 137 Å². The molecule has 0 saturated heterocycles. The molecule has 0 spiro atoms. The van der Waals surface area contributed by atoms with Crippen LogP contribution in [0.4, 0.5) is 5.69 Å². The van der Waals surface area contributed by atoms with Crippen LogP contribution < -0.4 is 15.4 Å². The first-order valence-corrected chi connectivity index (χ1v) is 7.81. The molecule has 0 aliphatic heterocycles. The summed E-state index contributed by atoms with van der Waals surface area (Å²) in [5.74, 6) is 0.804. The van der Waals surface area contributed by atoms with E-state index < -0.39 is 0 Å². The summed E-state index contributed by atoms with van der Waals surface area (Å²) in [5, 5.41) is 7.18. The Morgan fingerprint density at radius 1 is 1.18 bits per heavy atom. The second-order valence-electron chi connectivity index (χ2n) is 5.20. The molecule has 2 rings (SSSR count). The van der Waals surface area contributed by atoms with Gasteiger partial charge in [0.1, 0.15) is 5.75 Å². The van der Waals surface area contributed by atoms with Gasteiger partial charge in [0.15, 0.2) is 5.11 Å². The third kappa shape index (κ3) is 4.46. The molecule has 0 bridgehead atoms. The highest BCUT2D eigenvalue weighted by Gasteiger charge is 2.10. The number of hydrogen-bond donors (Lipinski definition) is 2. The zero-order valence-electron chi connectivity index (χ0n) is 13.2. The molecule has 0 saturated carbocycles. The summed E-state index contributed by atoms with van der Waals surface area (Å²) in [4.78, 5) is 0. The predicted molar refractivity (Wildman–Crippen MR) is 96.6 cm³/mol. The minimum absolute atomic E-state index is 0.200. The minimum atomic E-state index is 0.200. The highest BCUT2D eigenvalue weighted by atomic mass is 32.1. The highest BCUT2D eigenvalue weighted by Crippen LogP contribution is 2.19. The van der Waals surface area contributed by atoms with Crippen LogP contribution in [0.25, 0.3) is 0 Å². The van der Waals surface area contributed by atoms with Crippen LogP contribution in [0.1, 0.15) is 30.5 Å². The minimum Gasteiger partial charge on any atom is -0.497 e. The number of ether oxygens (including phenoxy) is 1. The number of rotatable bonds is 5. The topological polar surface area (TPSA) is 33.3 Å². The van der Waals surface area contributed by atoms with Gasteiger partial charge in [0, 0.05) is 11.8 Å². The van der Waals surface area contributed by atoms with Crippen LogP contribution in [0.5, 0.6) is 5.75 Å². The number of hydrogen-bond acceptors (Lipinski definition) is 2. The van der Waals surface area contributed by atoms with Crippen molar-refractivity contribution in [2.45, 2.75) is 26.3 Å². The highest BCUT2D eigenvalue weighted by molar-refractivity contribution is 7.80. The Balaban J connectivity index is 2.01. The molecule has 116 valence electrons. The SMILES string of the molecule is CC[C@H](NC(=S)Nc1cccc(OC)c1)c1ccc(C)cc1. The fourth-order valence-electron chi connectivity index (χ4n) is 2.25. The molecule has 0 heterocycles. The molecule has 0 radical (unpaired) electrons. The Kier molecular flexibility index (Phi) is 5.78. The van der Waals surface area contributed by atoms with Gasteiger partial charge >= 0.3 is 0 Å². The lowest BCUT2D eigenvalue weighted by atomic mass is 10.0. The number of aryl methyl sites for hydroxylation is 1. The normalized spacial score (nSPS) is 11.6. The average Bonchev–Trinajstić information content (AvgIpc) is 2.53. The molecule has 0 fully saturated rings. The predicted octanol–water partition coefficient (Wildman–Crippen LogP) is 4.44. The van der Waals surface area contributed by atoms with Crippen molar-refractivity contribution in [1.29, 1.82) is 0 Å². The maximum Gasteiger partial charge on any atom is 0.171 e. The molecule has 3 nitrogen and oxygen atoms in total. The molecule has 0 aliphatic rings. The van der Waals surface area contributed by atoms with E-state index in [-0.39, 0.29) is 6.04 Å². The van der Waals surface area contributed by atoms with E-state index in [9.17, 15) is 0 Å². The number of methoxy groups -OCH3 is 1. The van der Waals surface area contributed by atoms with Crippen molar-refractivity contribution in [2.75, 3.05) is 12.4 Å². The number of thiocarbonyl (C=S) groups is 1. The van der Waals surface area contributed by atoms with Gasteiger partial charge in [-0.3, -0.25) is 0 Å². The Morgan fingerprint density at radius 3 is 2.55 bits per heavy atom. The van der Waals surface area contributed by atoms with Crippen molar-refractivity contribution in [1.82, 2.24) is 5.32 Å². The second-order valence-corrected chi connectivity index (χ2v) is 5.61. The molecule has 0 amide bonds. The van der Waals surface area contributed by atoms with Crippen molar-refractivity contribution in [3.05, 3.63) is 59.7 Å². The summed E-state index contributed by atoms with van der Waals surface area (Å²) in [6.07, 6.45) is 0.961. The van der Waals surface area contributed by atoms with Gasteiger partial charge in [0.2, 0.25) is 0 Å². The van der Waals surface area contributed by atoms with Gasteiger partial charge in [0.05, 0.1) is 13.2 Å². The van der Waals surface area contributed by atoms with Crippen LogP contribution in [0.15, 0.2) is 48.5 Å². The van der Waals surface area contributed by atoms with Gasteiger partial charge in [-0.25, -0.2) is 0 Å². The summed E-state index contributed by atoms with van der Waals surface area (Å²) >= 11 is 5.42. The summed E-state index contributed by atoms with van der Waals surface area (Å²) in [6, 6.07) is 16.4. The Hall–Kier alpha value is -2.07. The van der Waals surface area contributed by atoms with E-state index >= 15 is 0 Å². The fraction of sp³-hybridized carbons (Fsp3) is 0.278. The van der Waals surface area contributed by atoms with Gasteiger partial charge in [-0.05, 0) is 43.3 Å². The van der Waals surface area contributed by atoms with Crippen LogP contribution >= 0.6 is 12.2 Å². The molecular weight excluding hydrogens is 292 g/mol. The van der Waals surface area contributed by atoms with Crippen molar-refractivity contribution in [3.63, 3.8) is 0 Å². The van der Waals surface area contributed by atoms with Gasteiger partial charge < -0.3 is 15.4 Å². The fourth-order valence-corrected chi connectivity index (χ4v) is 2.51.